The van der Waals surface area contributed by atoms with Crippen LogP contribution in [0.4, 0.5) is 5.13 Å². The normalized spacial score (nSPS) is 10.4. The second-order valence-electron chi connectivity index (χ2n) is 3.52. The van der Waals surface area contributed by atoms with E-state index in [1.807, 2.05) is 6.92 Å². The van der Waals surface area contributed by atoms with E-state index < -0.39 is 0 Å². The van der Waals surface area contributed by atoms with Crippen molar-refractivity contribution in [1.82, 2.24) is 14.8 Å². The van der Waals surface area contributed by atoms with E-state index in [2.05, 4.69) is 15.5 Å². The van der Waals surface area contributed by atoms with Crippen LogP contribution >= 0.6 is 23.1 Å². The third kappa shape index (κ3) is 3.90. The van der Waals surface area contributed by atoms with Gasteiger partial charge in [0.25, 0.3) is 5.56 Å². The molecule has 0 aromatic carbocycles. The second-order valence-corrected chi connectivity index (χ2v) is 6.01. The average molecular weight is 296 g/mol. The molecule has 0 aliphatic carbocycles. The number of anilines is 1. The molecule has 19 heavy (non-hydrogen) atoms. The Morgan fingerprint density at radius 1 is 1.47 bits per heavy atom. The first-order chi connectivity index (χ1) is 9.19. The van der Waals surface area contributed by atoms with Gasteiger partial charge in [-0.25, -0.2) is 0 Å². The zero-order chi connectivity index (χ0) is 13.7. The molecule has 0 saturated heterocycles. The molecule has 2 aromatic rings. The number of amides is 1. The zero-order valence-corrected chi connectivity index (χ0v) is 11.8. The van der Waals surface area contributed by atoms with Crippen molar-refractivity contribution >= 4 is 34.1 Å². The summed E-state index contributed by atoms with van der Waals surface area (Å²) in [6.07, 6.45) is 1.57. The Bertz CT molecular complexity index is 623. The summed E-state index contributed by atoms with van der Waals surface area (Å²) < 4.78 is 2.15. The van der Waals surface area contributed by atoms with E-state index in [1.165, 1.54) is 22.0 Å². The fraction of sp³-hybridized carbons (Fsp3) is 0.273. The molecule has 0 aliphatic heterocycles. The Labute approximate surface area is 117 Å². The lowest BCUT2D eigenvalue weighted by Gasteiger charge is -2.03. The maximum atomic E-state index is 11.8. The molecule has 0 radical (unpaired) electrons. The highest BCUT2D eigenvalue weighted by Gasteiger charge is 2.09. The van der Waals surface area contributed by atoms with Gasteiger partial charge in [0, 0.05) is 12.3 Å². The van der Waals surface area contributed by atoms with Crippen LogP contribution in [-0.2, 0) is 11.3 Å². The van der Waals surface area contributed by atoms with E-state index >= 15 is 0 Å². The van der Waals surface area contributed by atoms with Crippen LogP contribution in [0.2, 0.25) is 0 Å². The molecule has 0 saturated carbocycles. The number of pyridine rings is 1. The molecular formula is C11H12N4O2S2. The topological polar surface area (TPSA) is 76.9 Å². The molecule has 2 rings (SSSR count). The minimum Gasteiger partial charge on any atom is -0.306 e. The third-order valence-corrected chi connectivity index (χ3v) is 3.99. The van der Waals surface area contributed by atoms with Gasteiger partial charge in [-0.1, -0.05) is 36.1 Å². The predicted molar refractivity (Wildman–Crippen MR) is 75.6 cm³/mol. The molecule has 0 spiro atoms. The quantitative estimate of drug-likeness (QED) is 0.667. The van der Waals surface area contributed by atoms with Crippen LogP contribution in [0.5, 0.6) is 0 Å². The highest BCUT2D eigenvalue weighted by atomic mass is 32.2. The van der Waals surface area contributed by atoms with Crippen LogP contribution in [0.1, 0.15) is 6.92 Å². The van der Waals surface area contributed by atoms with E-state index in [0.29, 0.717) is 5.13 Å². The maximum Gasteiger partial charge on any atom is 0.250 e. The number of nitrogens with zero attached hydrogens (tertiary/aromatic N) is 3. The fourth-order valence-corrected chi connectivity index (χ4v) is 3.01. The number of hydrogen-bond donors (Lipinski definition) is 1. The van der Waals surface area contributed by atoms with Crippen molar-refractivity contribution in [3.63, 3.8) is 0 Å². The summed E-state index contributed by atoms with van der Waals surface area (Å²) >= 11 is 2.89. The Kier molecular flexibility index (Phi) is 4.69. The highest BCUT2D eigenvalue weighted by molar-refractivity contribution is 8.01. The first kappa shape index (κ1) is 13.8. The average Bonchev–Trinajstić information content (AvgIpc) is 2.80. The Morgan fingerprint density at radius 2 is 2.32 bits per heavy atom. The molecule has 0 aliphatic rings. The fourth-order valence-electron chi connectivity index (χ4n) is 1.35. The van der Waals surface area contributed by atoms with Crippen LogP contribution in [0.3, 0.4) is 0 Å². The molecule has 0 atom stereocenters. The van der Waals surface area contributed by atoms with E-state index in [1.54, 1.807) is 30.1 Å². The summed E-state index contributed by atoms with van der Waals surface area (Å²) in [6.45, 7) is 1.99. The Balaban J connectivity index is 1.97. The van der Waals surface area contributed by atoms with Gasteiger partial charge in [0.2, 0.25) is 11.0 Å². The standard InChI is InChI=1S/C11H12N4O2S2/c1-2-18-11-14-13-10(19-11)12-8(16)7-15-6-4-3-5-9(15)17/h3-6H,2,7H2,1H3,(H,12,13,16). The van der Waals surface area contributed by atoms with Crippen molar-refractivity contribution in [1.29, 1.82) is 0 Å². The van der Waals surface area contributed by atoms with Crippen molar-refractivity contribution < 1.29 is 4.79 Å². The number of carbonyl (C=O) groups excluding carboxylic acids is 1. The molecule has 1 N–H and O–H groups in total. The summed E-state index contributed by atoms with van der Waals surface area (Å²) in [4.78, 5) is 23.2. The van der Waals surface area contributed by atoms with Gasteiger partial charge in [-0.3, -0.25) is 14.9 Å². The molecule has 0 fully saturated rings. The van der Waals surface area contributed by atoms with Crippen LogP contribution in [0, 0.1) is 0 Å². The summed E-state index contributed by atoms with van der Waals surface area (Å²) in [5, 5.41) is 10.9. The third-order valence-electron chi connectivity index (χ3n) is 2.13. The molecule has 2 aromatic heterocycles. The van der Waals surface area contributed by atoms with Crippen molar-refractivity contribution in [2.75, 3.05) is 11.1 Å². The van der Waals surface area contributed by atoms with E-state index in [9.17, 15) is 9.59 Å². The lowest BCUT2D eigenvalue weighted by molar-refractivity contribution is -0.116. The summed E-state index contributed by atoms with van der Waals surface area (Å²) in [5.41, 5.74) is -0.211. The number of carbonyl (C=O) groups is 1. The van der Waals surface area contributed by atoms with Crippen molar-refractivity contribution in [3.05, 3.63) is 34.7 Å². The van der Waals surface area contributed by atoms with Gasteiger partial charge in [-0.05, 0) is 11.8 Å². The minimum atomic E-state index is -0.294. The highest BCUT2D eigenvalue weighted by Crippen LogP contribution is 2.24. The largest absolute Gasteiger partial charge is 0.306 e. The van der Waals surface area contributed by atoms with Crippen molar-refractivity contribution in [2.24, 2.45) is 0 Å². The first-order valence-corrected chi connectivity index (χ1v) is 7.41. The number of thioether (sulfide) groups is 1. The van der Waals surface area contributed by atoms with Gasteiger partial charge in [-0.15, -0.1) is 10.2 Å². The van der Waals surface area contributed by atoms with Crippen LogP contribution in [0.25, 0.3) is 0 Å². The van der Waals surface area contributed by atoms with Gasteiger partial charge in [-0.2, -0.15) is 0 Å². The van der Waals surface area contributed by atoms with Gasteiger partial charge in [0.15, 0.2) is 4.34 Å². The first-order valence-electron chi connectivity index (χ1n) is 5.60. The summed E-state index contributed by atoms with van der Waals surface area (Å²) in [5.74, 6) is 0.611. The molecule has 0 bridgehead atoms. The van der Waals surface area contributed by atoms with Gasteiger partial charge in [0.05, 0.1) is 0 Å². The van der Waals surface area contributed by atoms with E-state index in [-0.39, 0.29) is 18.0 Å². The Morgan fingerprint density at radius 3 is 3.05 bits per heavy atom. The molecule has 100 valence electrons. The smallest absolute Gasteiger partial charge is 0.250 e. The lowest BCUT2D eigenvalue weighted by Crippen LogP contribution is -2.26. The van der Waals surface area contributed by atoms with Crippen molar-refractivity contribution in [2.45, 2.75) is 17.8 Å². The number of hydrogen-bond acceptors (Lipinski definition) is 6. The molecule has 1 amide bonds. The molecule has 2 heterocycles. The second kappa shape index (κ2) is 6.48. The zero-order valence-electron chi connectivity index (χ0n) is 10.2. The number of rotatable bonds is 5. The van der Waals surface area contributed by atoms with Crippen LogP contribution < -0.4 is 10.9 Å². The van der Waals surface area contributed by atoms with Crippen molar-refractivity contribution in [3.8, 4) is 0 Å². The molecular weight excluding hydrogens is 284 g/mol. The molecule has 0 unspecified atom stereocenters. The van der Waals surface area contributed by atoms with Gasteiger partial charge < -0.3 is 4.57 Å². The number of aromatic nitrogens is 3. The van der Waals surface area contributed by atoms with E-state index in [0.717, 1.165) is 10.1 Å². The van der Waals surface area contributed by atoms with Gasteiger partial charge >= 0.3 is 0 Å². The lowest BCUT2D eigenvalue weighted by atomic mass is 10.4. The Hall–Kier alpha value is -1.67. The molecule has 8 heteroatoms. The monoisotopic (exact) mass is 296 g/mol. The van der Waals surface area contributed by atoms with Gasteiger partial charge in [0.1, 0.15) is 6.54 Å². The van der Waals surface area contributed by atoms with Crippen LogP contribution in [0.15, 0.2) is 33.5 Å². The van der Waals surface area contributed by atoms with E-state index in [4.69, 9.17) is 0 Å². The summed E-state index contributed by atoms with van der Waals surface area (Å²) in [7, 11) is 0. The predicted octanol–water partition coefficient (Wildman–Crippen LogP) is 1.45. The minimum absolute atomic E-state index is 0.0322. The maximum absolute atomic E-state index is 11.8. The van der Waals surface area contributed by atoms with Crippen LogP contribution in [-0.4, -0.2) is 26.4 Å². The SMILES string of the molecule is CCSc1nnc(NC(=O)Cn2ccccc2=O)s1. The number of nitrogens with one attached hydrogen (secondary N) is 1. The molecule has 6 nitrogen and oxygen atoms in total. The summed E-state index contributed by atoms with van der Waals surface area (Å²) in [6, 6.07) is 4.75.